The maximum absolute atomic E-state index is 11.5. The van der Waals surface area contributed by atoms with Gasteiger partial charge in [-0.05, 0) is 61.3 Å². The summed E-state index contributed by atoms with van der Waals surface area (Å²) >= 11 is 0. The lowest BCUT2D eigenvalue weighted by Gasteiger charge is -2.39. The van der Waals surface area contributed by atoms with Crippen LogP contribution in [0.3, 0.4) is 0 Å². The summed E-state index contributed by atoms with van der Waals surface area (Å²) in [5.74, 6) is 0.188. The standard InChI is InChI=1S/C23H29N3O/c24-22(16-5-2-1-3-6-16)11-12-26-20-9-10-21(26)15-19(14-20)17-7-4-8-18(13-17)23(25)27/h1-8,13,19-22H,9-12,14-15,24H2,(H2,25,27)/t19-,20+,21-,22?. The zero-order valence-electron chi connectivity index (χ0n) is 15.8. The Labute approximate surface area is 161 Å². The van der Waals surface area contributed by atoms with E-state index in [-0.39, 0.29) is 11.9 Å². The lowest BCUT2D eigenvalue weighted by atomic mass is 9.84. The molecule has 1 unspecified atom stereocenters. The molecule has 4 rings (SSSR count). The largest absolute Gasteiger partial charge is 0.366 e. The van der Waals surface area contributed by atoms with Gasteiger partial charge in [-0.15, -0.1) is 0 Å². The number of rotatable bonds is 6. The number of benzene rings is 2. The second kappa shape index (κ2) is 7.83. The van der Waals surface area contributed by atoms with E-state index >= 15 is 0 Å². The van der Waals surface area contributed by atoms with Gasteiger partial charge in [-0.1, -0.05) is 42.5 Å². The van der Waals surface area contributed by atoms with Crippen LogP contribution in [0.5, 0.6) is 0 Å². The molecule has 0 aromatic heterocycles. The Hall–Kier alpha value is -2.17. The first-order chi connectivity index (χ1) is 13.1. The third kappa shape index (κ3) is 3.92. The number of primary amides is 1. The maximum Gasteiger partial charge on any atom is 0.248 e. The van der Waals surface area contributed by atoms with E-state index < -0.39 is 0 Å². The van der Waals surface area contributed by atoms with Gasteiger partial charge in [0.05, 0.1) is 0 Å². The minimum atomic E-state index is -0.341. The van der Waals surface area contributed by atoms with Gasteiger partial charge in [0.15, 0.2) is 0 Å². The smallest absolute Gasteiger partial charge is 0.248 e. The first-order valence-corrected chi connectivity index (χ1v) is 10.1. The van der Waals surface area contributed by atoms with Gasteiger partial charge in [0.1, 0.15) is 0 Å². The summed E-state index contributed by atoms with van der Waals surface area (Å²) < 4.78 is 0. The summed E-state index contributed by atoms with van der Waals surface area (Å²) in [4.78, 5) is 14.2. The summed E-state index contributed by atoms with van der Waals surface area (Å²) in [6, 6.07) is 19.7. The van der Waals surface area contributed by atoms with Crippen LogP contribution in [0.25, 0.3) is 0 Å². The van der Waals surface area contributed by atoms with Gasteiger partial charge in [0.2, 0.25) is 5.91 Å². The van der Waals surface area contributed by atoms with Crippen molar-refractivity contribution in [2.75, 3.05) is 6.54 Å². The Morgan fingerprint density at radius 1 is 1.04 bits per heavy atom. The first kappa shape index (κ1) is 18.2. The number of nitrogens with zero attached hydrogens (tertiary/aromatic N) is 1. The molecule has 4 nitrogen and oxygen atoms in total. The topological polar surface area (TPSA) is 72.4 Å². The molecule has 2 aromatic carbocycles. The van der Waals surface area contributed by atoms with Crippen molar-refractivity contribution in [3.63, 3.8) is 0 Å². The Morgan fingerprint density at radius 3 is 2.41 bits per heavy atom. The molecule has 1 amide bonds. The van der Waals surface area contributed by atoms with Gasteiger partial charge in [0, 0.05) is 30.2 Å². The van der Waals surface area contributed by atoms with Crippen molar-refractivity contribution in [1.82, 2.24) is 4.90 Å². The Kier molecular flexibility index (Phi) is 5.28. The molecule has 4 atom stereocenters. The van der Waals surface area contributed by atoms with Crippen LogP contribution >= 0.6 is 0 Å². The molecule has 2 aliphatic rings. The van der Waals surface area contributed by atoms with E-state index in [1.165, 1.54) is 36.8 Å². The van der Waals surface area contributed by atoms with Crippen LogP contribution < -0.4 is 11.5 Å². The Morgan fingerprint density at radius 2 is 1.74 bits per heavy atom. The number of carbonyl (C=O) groups is 1. The highest BCUT2D eigenvalue weighted by molar-refractivity contribution is 5.92. The quantitative estimate of drug-likeness (QED) is 0.824. The second-order valence-corrected chi connectivity index (χ2v) is 8.09. The third-order valence-corrected chi connectivity index (χ3v) is 6.45. The number of piperidine rings is 1. The summed E-state index contributed by atoms with van der Waals surface area (Å²) in [6.07, 6.45) is 5.88. The highest BCUT2D eigenvalue weighted by Gasteiger charge is 2.40. The van der Waals surface area contributed by atoms with Crippen LogP contribution in [-0.4, -0.2) is 29.4 Å². The van der Waals surface area contributed by atoms with Crippen molar-refractivity contribution < 1.29 is 4.79 Å². The fourth-order valence-corrected chi connectivity index (χ4v) is 5.01. The molecule has 27 heavy (non-hydrogen) atoms. The van der Waals surface area contributed by atoms with Gasteiger partial charge in [-0.3, -0.25) is 9.69 Å². The van der Waals surface area contributed by atoms with Gasteiger partial charge < -0.3 is 11.5 Å². The van der Waals surface area contributed by atoms with Crippen LogP contribution in [0.1, 0.15) is 65.5 Å². The zero-order chi connectivity index (χ0) is 18.8. The van der Waals surface area contributed by atoms with Crippen LogP contribution in [0.4, 0.5) is 0 Å². The average molecular weight is 364 g/mol. The fraction of sp³-hybridized carbons (Fsp3) is 0.435. The minimum absolute atomic E-state index is 0.107. The molecule has 0 spiro atoms. The molecule has 2 heterocycles. The van der Waals surface area contributed by atoms with Crippen LogP contribution in [0, 0.1) is 0 Å². The lowest BCUT2D eigenvalue weighted by molar-refractivity contribution is 0.1000. The molecular weight excluding hydrogens is 334 g/mol. The van der Waals surface area contributed by atoms with E-state index in [0.29, 0.717) is 23.6 Å². The van der Waals surface area contributed by atoms with Crippen molar-refractivity contribution in [3.8, 4) is 0 Å². The van der Waals surface area contributed by atoms with Crippen molar-refractivity contribution in [3.05, 3.63) is 71.3 Å². The normalized spacial score (nSPS) is 26.0. The molecule has 2 aromatic rings. The molecule has 0 radical (unpaired) electrons. The van der Waals surface area contributed by atoms with E-state index in [2.05, 4.69) is 35.2 Å². The number of hydrogen-bond acceptors (Lipinski definition) is 3. The lowest BCUT2D eigenvalue weighted by Crippen LogP contribution is -2.43. The minimum Gasteiger partial charge on any atom is -0.366 e. The summed E-state index contributed by atoms with van der Waals surface area (Å²) in [6.45, 7) is 1.07. The number of amides is 1. The van der Waals surface area contributed by atoms with E-state index in [1.54, 1.807) is 6.07 Å². The number of fused-ring (bicyclic) bond motifs is 2. The van der Waals surface area contributed by atoms with Crippen molar-refractivity contribution >= 4 is 5.91 Å². The van der Waals surface area contributed by atoms with E-state index in [1.807, 2.05) is 18.2 Å². The SMILES string of the molecule is NC(=O)c1cccc([C@H]2C[C@H]3CC[C@@H](C2)N3CCC(N)c2ccccc2)c1. The van der Waals surface area contributed by atoms with E-state index in [0.717, 1.165) is 13.0 Å². The Balaban J connectivity index is 1.39. The molecule has 2 aliphatic heterocycles. The molecule has 4 N–H and O–H groups in total. The fourth-order valence-electron chi connectivity index (χ4n) is 5.01. The maximum atomic E-state index is 11.5. The number of nitrogens with two attached hydrogens (primary N) is 2. The second-order valence-electron chi connectivity index (χ2n) is 8.09. The van der Waals surface area contributed by atoms with E-state index in [9.17, 15) is 4.79 Å². The molecular formula is C23H29N3O. The third-order valence-electron chi connectivity index (χ3n) is 6.45. The first-order valence-electron chi connectivity index (χ1n) is 10.1. The predicted molar refractivity (Wildman–Crippen MR) is 108 cm³/mol. The van der Waals surface area contributed by atoms with E-state index in [4.69, 9.17) is 11.5 Å². The molecule has 2 bridgehead atoms. The summed E-state index contributed by atoms with van der Waals surface area (Å²) in [5.41, 5.74) is 15.0. The molecule has 4 heteroatoms. The van der Waals surface area contributed by atoms with Crippen molar-refractivity contribution in [2.24, 2.45) is 11.5 Å². The predicted octanol–water partition coefficient (Wildman–Crippen LogP) is 3.59. The molecule has 2 fully saturated rings. The number of hydrogen-bond donors (Lipinski definition) is 2. The summed E-state index contributed by atoms with van der Waals surface area (Å²) in [5, 5.41) is 0. The molecule has 2 saturated heterocycles. The van der Waals surface area contributed by atoms with Gasteiger partial charge >= 0.3 is 0 Å². The van der Waals surface area contributed by atoms with Crippen molar-refractivity contribution in [2.45, 2.75) is 56.1 Å². The molecule has 0 aliphatic carbocycles. The highest BCUT2D eigenvalue weighted by Crippen LogP contribution is 2.43. The summed E-state index contributed by atoms with van der Waals surface area (Å²) in [7, 11) is 0. The highest BCUT2D eigenvalue weighted by atomic mass is 16.1. The Bertz CT molecular complexity index is 777. The molecule has 142 valence electrons. The van der Waals surface area contributed by atoms with Crippen LogP contribution in [0.15, 0.2) is 54.6 Å². The van der Waals surface area contributed by atoms with Gasteiger partial charge in [-0.25, -0.2) is 0 Å². The molecule has 0 saturated carbocycles. The zero-order valence-corrected chi connectivity index (χ0v) is 15.8. The van der Waals surface area contributed by atoms with Crippen LogP contribution in [0.2, 0.25) is 0 Å². The van der Waals surface area contributed by atoms with Gasteiger partial charge in [0.25, 0.3) is 0 Å². The van der Waals surface area contributed by atoms with Gasteiger partial charge in [-0.2, -0.15) is 0 Å². The monoisotopic (exact) mass is 363 g/mol. The number of carbonyl (C=O) groups excluding carboxylic acids is 1. The van der Waals surface area contributed by atoms with Crippen LogP contribution in [-0.2, 0) is 0 Å². The average Bonchev–Trinajstić information content (AvgIpc) is 2.93. The van der Waals surface area contributed by atoms with Crippen molar-refractivity contribution in [1.29, 1.82) is 0 Å².